The summed E-state index contributed by atoms with van der Waals surface area (Å²) in [5, 5.41) is 0. The molecule has 1 aromatic carbocycles. The fraction of sp³-hybridized carbons (Fsp3) is 0.650. The predicted octanol–water partition coefficient (Wildman–Crippen LogP) is 3.20. The van der Waals surface area contributed by atoms with Crippen LogP contribution in [-0.2, 0) is 11.3 Å². The van der Waals surface area contributed by atoms with Gasteiger partial charge in [0.25, 0.3) is 0 Å². The summed E-state index contributed by atoms with van der Waals surface area (Å²) in [5.74, 6) is 1.32. The maximum Gasteiger partial charge on any atom is 0.239 e. The Morgan fingerprint density at radius 1 is 1.12 bits per heavy atom. The van der Waals surface area contributed by atoms with E-state index in [0.717, 1.165) is 38.2 Å². The van der Waals surface area contributed by atoms with E-state index in [1.54, 1.807) is 0 Å². The second-order valence-corrected chi connectivity index (χ2v) is 7.57. The van der Waals surface area contributed by atoms with Crippen molar-refractivity contribution >= 4 is 5.91 Å². The molecule has 4 heteroatoms. The Balaban J connectivity index is 1.49. The largest absolute Gasteiger partial charge is 0.490 e. The molecule has 0 spiro atoms. The molecule has 1 amide bonds. The molecule has 2 heterocycles. The number of hydrogen-bond acceptors (Lipinski definition) is 3. The predicted molar refractivity (Wildman–Crippen MR) is 93.9 cm³/mol. The number of amides is 1. The fourth-order valence-corrected chi connectivity index (χ4v) is 4.50. The average Bonchev–Trinajstić information content (AvgIpc) is 3.25. The summed E-state index contributed by atoms with van der Waals surface area (Å²) < 4.78 is 6.27. The van der Waals surface area contributed by atoms with E-state index in [9.17, 15) is 4.79 Å². The zero-order chi connectivity index (χ0) is 16.5. The van der Waals surface area contributed by atoms with Gasteiger partial charge in [0.2, 0.25) is 5.91 Å². The van der Waals surface area contributed by atoms with Gasteiger partial charge in [0, 0.05) is 31.2 Å². The van der Waals surface area contributed by atoms with Gasteiger partial charge in [0.05, 0.1) is 12.1 Å². The number of nitrogens with zero attached hydrogens (tertiary/aromatic N) is 2. The summed E-state index contributed by atoms with van der Waals surface area (Å²) in [6.45, 7) is 4.80. The van der Waals surface area contributed by atoms with Crippen LogP contribution in [0.5, 0.6) is 5.75 Å². The third-order valence-corrected chi connectivity index (χ3v) is 5.95. The maximum atomic E-state index is 12.6. The number of benzene rings is 1. The first kappa shape index (κ1) is 15.9. The van der Waals surface area contributed by atoms with E-state index in [1.807, 2.05) is 0 Å². The highest BCUT2D eigenvalue weighted by molar-refractivity contribution is 5.83. The molecule has 130 valence electrons. The van der Waals surface area contributed by atoms with E-state index in [2.05, 4.69) is 41.0 Å². The van der Waals surface area contributed by atoms with Crippen molar-refractivity contribution < 1.29 is 9.53 Å². The van der Waals surface area contributed by atoms with Crippen molar-refractivity contribution in [2.75, 3.05) is 13.1 Å². The first-order chi connectivity index (χ1) is 11.7. The molecule has 0 aromatic heterocycles. The van der Waals surface area contributed by atoms with Crippen LogP contribution in [0.2, 0.25) is 0 Å². The third-order valence-electron chi connectivity index (χ3n) is 5.95. The topological polar surface area (TPSA) is 32.8 Å². The zero-order valence-corrected chi connectivity index (χ0v) is 14.6. The number of para-hydroxylation sites is 1. The van der Waals surface area contributed by atoms with Crippen LogP contribution in [0, 0.1) is 0 Å². The van der Waals surface area contributed by atoms with Crippen molar-refractivity contribution in [3.63, 3.8) is 0 Å². The third kappa shape index (κ3) is 3.04. The first-order valence-corrected chi connectivity index (χ1v) is 9.51. The van der Waals surface area contributed by atoms with Crippen LogP contribution in [0.3, 0.4) is 0 Å². The number of carbonyl (C=O) groups excluding carboxylic acids is 1. The minimum Gasteiger partial charge on any atom is -0.490 e. The van der Waals surface area contributed by atoms with Crippen LogP contribution >= 0.6 is 0 Å². The number of ether oxygens (including phenoxy) is 1. The molecule has 4 rings (SSSR count). The second kappa shape index (κ2) is 6.75. The van der Waals surface area contributed by atoms with Gasteiger partial charge in [-0.05, 0) is 51.5 Å². The Morgan fingerprint density at radius 3 is 2.75 bits per heavy atom. The number of carbonyl (C=O) groups is 1. The van der Waals surface area contributed by atoms with Gasteiger partial charge in [-0.2, -0.15) is 0 Å². The van der Waals surface area contributed by atoms with Crippen LogP contribution in [-0.4, -0.2) is 47.0 Å². The smallest absolute Gasteiger partial charge is 0.239 e. The highest BCUT2D eigenvalue weighted by atomic mass is 16.5. The molecule has 0 radical (unpaired) electrons. The van der Waals surface area contributed by atoms with E-state index >= 15 is 0 Å². The lowest BCUT2D eigenvalue weighted by Crippen LogP contribution is -2.58. The normalized spacial score (nSPS) is 28.4. The van der Waals surface area contributed by atoms with Crippen molar-refractivity contribution in [2.24, 2.45) is 0 Å². The van der Waals surface area contributed by atoms with Gasteiger partial charge in [-0.1, -0.05) is 18.2 Å². The summed E-state index contributed by atoms with van der Waals surface area (Å²) >= 11 is 0. The van der Waals surface area contributed by atoms with Gasteiger partial charge in [-0.3, -0.25) is 9.69 Å². The van der Waals surface area contributed by atoms with Crippen molar-refractivity contribution in [1.29, 1.82) is 0 Å². The lowest BCUT2D eigenvalue weighted by Gasteiger charge is -2.41. The lowest BCUT2D eigenvalue weighted by atomic mass is 10.1. The summed E-state index contributed by atoms with van der Waals surface area (Å²) in [7, 11) is 0. The van der Waals surface area contributed by atoms with Gasteiger partial charge >= 0.3 is 0 Å². The maximum absolute atomic E-state index is 12.6. The van der Waals surface area contributed by atoms with E-state index in [0.29, 0.717) is 18.1 Å². The Kier molecular flexibility index (Phi) is 4.49. The fourth-order valence-electron chi connectivity index (χ4n) is 4.50. The number of fused-ring (bicyclic) bond motifs is 1. The molecular formula is C20H28N2O2. The van der Waals surface area contributed by atoms with Crippen LogP contribution < -0.4 is 4.74 Å². The van der Waals surface area contributed by atoms with Crippen LogP contribution in [0.25, 0.3) is 0 Å². The van der Waals surface area contributed by atoms with Crippen molar-refractivity contribution in [3.8, 4) is 5.75 Å². The zero-order valence-electron chi connectivity index (χ0n) is 14.6. The molecule has 1 aliphatic carbocycles. The molecule has 4 nitrogen and oxygen atoms in total. The molecule has 0 bridgehead atoms. The molecule has 2 aliphatic heterocycles. The van der Waals surface area contributed by atoms with Crippen LogP contribution in [0.15, 0.2) is 24.3 Å². The van der Waals surface area contributed by atoms with Crippen molar-refractivity contribution in [2.45, 2.75) is 70.2 Å². The summed E-state index contributed by atoms with van der Waals surface area (Å²) in [5.41, 5.74) is 1.22. The second-order valence-electron chi connectivity index (χ2n) is 7.57. The highest BCUT2D eigenvalue weighted by Gasteiger charge is 2.40. The Hall–Kier alpha value is -1.55. The Morgan fingerprint density at radius 2 is 1.92 bits per heavy atom. The van der Waals surface area contributed by atoms with E-state index in [1.165, 1.54) is 31.2 Å². The molecule has 3 aliphatic rings. The molecular weight excluding hydrogens is 300 g/mol. The summed E-state index contributed by atoms with van der Waals surface area (Å²) in [6, 6.07) is 8.76. The molecule has 0 N–H and O–H groups in total. The number of piperazine rings is 1. The molecule has 1 saturated carbocycles. The van der Waals surface area contributed by atoms with Gasteiger partial charge in [0.15, 0.2) is 0 Å². The molecule has 24 heavy (non-hydrogen) atoms. The Labute approximate surface area is 144 Å². The quantitative estimate of drug-likeness (QED) is 0.851. The van der Waals surface area contributed by atoms with Gasteiger partial charge in [-0.25, -0.2) is 0 Å². The highest BCUT2D eigenvalue weighted by Crippen LogP contribution is 2.30. The number of rotatable bonds is 4. The molecule has 3 fully saturated rings. The molecule has 0 unspecified atom stereocenters. The average molecular weight is 328 g/mol. The van der Waals surface area contributed by atoms with Gasteiger partial charge in [-0.15, -0.1) is 0 Å². The van der Waals surface area contributed by atoms with E-state index in [-0.39, 0.29) is 6.04 Å². The molecule has 2 atom stereocenters. The Bertz CT molecular complexity index is 597. The van der Waals surface area contributed by atoms with Crippen LogP contribution in [0.1, 0.15) is 51.0 Å². The minimum atomic E-state index is -0.0288. The lowest BCUT2D eigenvalue weighted by molar-refractivity contribution is -0.143. The van der Waals surface area contributed by atoms with E-state index in [4.69, 9.17) is 4.74 Å². The SMILES string of the molecule is C[C@@H]1C(=O)N2CCC[C@H]2CN1Cc1ccccc1OC1CCCC1. The van der Waals surface area contributed by atoms with E-state index < -0.39 is 0 Å². The monoisotopic (exact) mass is 328 g/mol. The summed E-state index contributed by atoms with van der Waals surface area (Å²) in [4.78, 5) is 17.1. The standard InChI is InChI=1S/C20H28N2O2/c1-15-20(23)22-12-6-8-17(22)14-21(15)13-16-7-2-5-11-19(16)24-18-9-3-4-10-18/h2,5,7,11,15,17-18H,3-4,6,8-10,12-14H2,1H3/t15-,17+/m1/s1. The van der Waals surface area contributed by atoms with Crippen molar-refractivity contribution in [1.82, 2.24) is 9.80 Å². The first-order valence-electron chi connectivity index (χ1n) is 9.51. The van der Waals surface area contributed by atoms with Gasteiger partial charge < -0.3 is 9.64 Å². The van der Waals surface area contributed by atoms with Gasteiger partial charge in [0.1, 0.15) is 5.75 Å². The molecule has 2 saturated heterocycles. The van der Waals surface area contributed by atoms with Crippen molar-refractivity contribution in [3.05, 3.63) is 29.8 Å². The molecule has 1 aromatic rings. The number of hydrogen-bond donors (Lipinski definition) is 0. The summed E-state index contributed by atoms with van der Waals surface area (Å²) in [6.07, 6.45) is 7.57. The minimum absolute atomic E-state index is 0.0288. The van der Waals surface area contributed by atoms with Crippen LogP contribution in [0.4, 0.5) is 0 Å².